The average molecular weight is 423 g/mol. The molecule has 31 heavy (non-hydrogen) atoms. The van der Waals surface area contributed by atoms with Crippen molar-refractivity contribution in [3.8, 4) is 17.0 Å². The number of methoxy groups -OCH3 is 1. The third-order valence-electron chi connectivity index (χ3n) is 5.70. The normalized spacial score (nSPS) is 16.0. The maximum absolute atomic E-state index is 13.4. The first-order valence-corrected chi connectivity index (χ1v) is 9.95. The van der Waals surface area contributed by atoms with Crippen molar-refractivity contribution in [2.24, 2.45) is 0 Å². The van der Waals surface area contributed by atoms with Crippen LogP contribution in [-0.2, 0) is 0 Å². The molecule has 2 aromatic heterocycles. The lowest BCUT2D eigenvalue weighted by molar-refractivity contribution is -0.0494. The van der Waals surface area contributed by atoms with Gasteiger partial charge in [0, 0.05) is 43.3 Å². The van der Waals surface area contributed by atoms with E-state index in [2.05, 4.69) is 10.1 Å². The minimum absolute atomic E-state index is 0.0657. The fourth-order valence-corrected chi connectivity index (χ4v) is 3.98. The summed E-state index contributed by atoms with van der Waals surface area (Å²) < 4.78 is 37.3. The van der Waals surface area contributed by atoms with Gasteiger partial charge in [-0.3, -0.25) is 4.79 Å². The van der Waals surface area contributed by atoms with Crippen LogP contribution in [0, 0.1) is 0 Å². The van der Waals surface area contributed by atoms with Crippen LogP contribution in [0.1, 0.15) is 23.2 Å². The number of rotatable bonds is 3. The van der Waals surface area contributed by atoms with E-state index < -0.39 is 5.92 Å². The van der Waals surface area contributed by atoms with Crippen LogP contribution in [0.3, 0.4) is 0 Å². The molecule has 0 aliphatic carbocycles. The first-order chi connectivity index (χ1) is 14.9. The van der Waals surface area contributed by atoms with Crippen molar-refractivity contribution < 1.29 is 22.8 Å². The lowest BCUT2D eigenvalue weighted by Gasteiger charge is -2.31. The average Bonchev–Trinajstić information content (AvgIpc) is 3.20. The molecule has 1 aliphatic heterocycles. The van der Waals surface area contributed by atoms with Crippen LogP contribution >= 0.6 is 0 Å². The molecule has 0 N–H and O–H groups in total. The Kier molecular flexibility index (Phi) is 4.57. The molecule has 5 rings (SSSR count). The second-order valence-electron chi connectivity index (χ2n) is 7.65. The van der Waals surface area contributed by atoms with Gasteiger partial charge in [0.15, 0.2) is 11.1 Å². The van der Waals surface area contributed by atoms with Gasteiger partial charge in [-0.2, -0.15) is 0 Å². The van der Waals surface area contributed by atoms with E-state index in [1.54, 1.807) is 18.3 Å². The van der Waals surface area contributed by atoms with E-state index in [1.807, 2.05) is 30.3 Å². The molecular weight excluding hydrogens is 404 g/mol. The van der Waals surface area contributed by atoms with Crippen LogP contribution in [-0.4, -0.2) is 47.1 Å². The molecule has 4 aromatic rings. The monoisotopic (exact) mass is 423 g/mol. The number of carbonyl (C=O) groups is 1. The third kappa shape index (κ3) is 3.48. The zero-order valence-electron chi connectivity index (χ0n) is 16.8. The van der Waals surface area contributed by atoms with Crippen LogP contribution in [0.5, 0.6) is 5.88 Å². The molecule has 2 aromatic carbocycles. The summed E-state index contributed by atoms with van der Waals surface area (Å²) in [7, 11) is 1.51. The molecule has 1 saturated heterocycles. The van der Waals surface area contributed by atoms with Gasteiger partial charge in [0.2, 0.25) is 0 Å². The molecule has 1 aliphatic rings. The predicted molar refractivity (Wildman–Crippen MR) is 111 cm³/mol. The van der Waals surface area contributed by atoms with E-state index in [1.165, 1.54) is 12.0 Å². The number of hydrogen-bond donors (Lipinski definition) is 0. The van der Waals surface area contributed by atoms with Crippen molar-refractivity contribution in [2.45, 2.75) is 18.8 Å². The van der Waals surface area contributed by atoms with Gasteiger partial charge in [-0.15, -0.1) is 0 Å². The number of ether oxygens (including phenoxy) is 1. The Bertz CT molecular complexity index is 1290. The van der Waals surface area contributed by atoms with E-state index >= 15 is 0 Å². The Morgan fingerprint density at radius 2 is 1.97 bits per heavy atom. The number of amides is 1. The maximum Gasteiger partial charge on any atom is 0.280 e. The number of alkyl halides is 2. The van der Waals surface area contributed by atoms with Gasteiger partial charge in [-0.05, 0) is 39.7 Å². The number of carbonyl (C=O) groups excluding carboxylic acids is 1. The number of hydrogen-bond acceptors (Lipinski definition) is 5. The van der Waals surface area contributed by atoms with Crippen LogP contribution in [0.15, 0.2) is 53.2 Å². The molecule has 0 bridgehead atoms. The lowest BCUT2D eigenvalue weighted by atomic mass is 9.97. The van der Waals surface area contributed by atoms with E-state index in [0.717, 1.165) is 21.9 Å². The molecule has 0 unspecified atom stereocenters. The number of likely N-dealkylation sites (tertiary alicyclic amines) is 1. The standard InChI is InChI=1S/C23H19F2N3O3/c1-30-21-20-19(31-27-21)12-16(13-26-20)17-4-2-3-14-11-15(5-6-18(14)17)22(29)28-9-7-23(24,25)8-10-28/h2-6,11-13H,7-10H2,1H3. The number of pyridine rings is 1. The quantitative estimate of drug-likeness (QED) is 0.468. The highest BCUT2D eigenvalue weighted by Crippen LogP contribution is 2.33. The van der Waals surface area contributed by atoms with Crippen molar-refractivity contribution in [3.63, 3.8) is 0 Å². The van der Waals surface area contributed by atoms with Gasteiger partial charge < -0.3 is 14.2 Å². The molecule has 1 fully saturated rings. The Morgan fingerprint density at radius 1 is 1.16 bits per heavy atom. The molecule has 0 atom stereocenters. The highest BCUT2D eigenvalue weighted by atomic mass is 19.3. The lowest BCUT2D eigenvalue weighted by Crippen LogP contribution is -2.42. The van der Waals surface area contributed by atoms with Gasteiger partial charge in [-0.25, -0.2) is 13.8 Å². The van der Waals surface area contributed by atoms with Crippen molar-refractivity contribution in [2.75, 3.05) is 20.2 Å². The third-order valence-corrected chi connectivity index (χ3v) is 5.70. The highest BCUT2D eigenvalue weighted by Gasteiger charge is 2.35. The molecular formula is C23H19F2N3O3. The van der Waals surface area contributed by atoms with Crippen LogP contribution < -0.4 is 4.74 Å². The number of nitrogens with zero attached hydrogens (tertiary/aromatic N) is 3. The maximum atomic E-state index is 13.4. The summed E-state index contributed by atoms with van der Waals surface area (Å²) in [6.07, 6.45) is 1.14. The van der Waals surface area contributed by atoms with E-state index in [0.29, 0.717) is 22.5 Å². The highest BCUT2D eigenvalue weighted by molar-refractivity contribution is 6.03. The summed E-state index contributed by atoms with van der Waals surface area (Å²) in [6, 6.07) is 13.1. The summed E-state index contributed by atoms with van der Waals surface area (Å²) in [5.41, 5.74) is 3.32. The molecule has 8 heteroatoms. The second kappa shape index (κ2) is 7.30. The van der Waals surface area contributed by atoms with Crippen LogP contribution in [0.25, 0.3) is 33.0 Å². The molecule has 158 valence electrons. The van der Waals surface area contributed by atoms with Gasteiger partial charge >= 0.3 is 0 Å². The van der Waals surface area contributed by atoms with Crippen molar-refractivity contribution in [1.82, 2.24) is 15.0 Å². The minimum Gasteiger partial charge on any atom is -0.477 e. The number of fused-ring (bicyclic) bond motifs is 2. The van der Waals surface area contributed by atoms with Gasteiger partial charge in [-0.1, -0.05) is 24.3 Å². The van der Waals surface area contributed by atoms with Gasteiger partial charge in [0.1, 0.15) is 0 Å². The summed E-state index contributed by atoms with van der Waals surface area (Å²) in [5, 5.41) is 5.66. The summed E-state index contributed by atoms with van der Waals surface area (Å²) in [5.74, 6) is -2.57. The molecule has 1 amide bonds. The predicted octanol–water partition coefficient (Wildman–Crippen LogP) is 4.92. The van der Waals surface area contributed by atoms with Gasteiger partial charge in [0.05, 0.1) is 7.11 Å². The van der Waals surface area contributed by atoms with E-state index in [4.69, 9.17) is 9.26 Å². The summed E-state index contributed by atoms with van der Waals surface area (Å²) >= 11 is 0. The van der Waals surface area contributed by atoms with E-state index in [9.17, 15) is 13.6 Å². The smallest absolute Gasteiger partial charge is 0.280 e. The Labute approximate surface area is 176 Å². The molecule has 0 radical (unpaired) electrons. The number of benzene rings is 2. The fraction of sp³-hybridized carbons (Fsp3) is 0.261. The van der Waals surface area contributed by atoms with Crippen molar-refractivity contribution in [1.29, 1.82) is 0 Å². The summed E-state index contributed by atoms with van der Waals surface area (Å²) in [6.45, 7) is 0.131. The first-order valence-electron chi connectivity index (χ1n) is 9.95. The zero-order chi connectivity index (χ0) is 21.6. The topological polar surface area (TPSA) is 68.5 Å². The fourth-order valence-electron chi connectivity index (χ4n) is 3.98. The Balaban J connectivity index is 1.49. The summed E-state index contributed by atoms with van der Waals surface area (Å²) in [4.78, 5) is 18.7. The molecule has 0 spiro atoms. The zero-order valence-corrected chi connectivity index (χ0v) is 16.8. The molecule has 6 nitrogen and oxygen atoms in total. The first kappa shape index (κ1) is 19.4. The minimum atomic E-state index is -2.68. The Morgan fingerprint density at radius 3 is 2.74 bits per heavy atom. The largest absolute Gasteiger partial charge is 0.477 e. The van der Waals surface area contributed by atoms with Crippen molar-refractivity contribution in [3.05, 3.63) is 54.2 Å². The number of aromatic nitrogens is 2. The number of halogens is 2. The van der Waals surface area contributed by atoms with Crippen LogP contribution in [0.2, 0.25) is 0 Å². The molecule has 0 saturated carbocycles. The van der Waals surface area contributed by atoms with Gasteiger partial charge in [0.25, 0.3) is 17.7 Å². The van der Waals surface area contributed by atoms with Crippen LogP contribution in [0.4, 0.5) is 8.78 Å². The van der Waals surface area contributed by atoms with E-state index in [-0.39, 0.29) is 31.8 Å². The number of piperidine rings is 1. The Hall–Kier alpha value is -3.55. The van der Waals surface area contributed by atoms with Crippen molar-refractivity contribution >= 4 is 27.8 Å². The SMILES string of the molecule is COc1noc2cc(-c3cccc4cc(C(=O)N5CCC(F)(F)CC5)ccc34)cnc12. The molecule has 3 heterocycles. The second-order valence-corrected chi connectivity index (χ2v) is 7.65.